The quantitative estimate of drug-likeness (QED) is 0.259. The van der Waals surface area contributed by atoms with E-state index in [1.54, 1.807) is 0 Å². The number of aromatic hydroxyl groups is 1. The Labute approximate surface area is 217 Å². The van der Waals surface area contributed by atoms with E-state index in [4.69, 9.17) is 5.11 Å². The molecule has 3 saturated carbocycles. The van der Waals surface area contributed by atoms with Gasteiger partial charge in [0.15, 0.2) is 0 Å². The lowest BCUT2D eigenvalue weighted by Gasteiger charge is -2.59. The van der Waals surface area contributed by atoms with E-state index < -0.39 is 11.6 Å². The summed E-state index contributed by atoms with van der Waals surface area (Å²) < 4.78 is 0. The Kier molecular flexibility index (Phi) is 7.47. The molecule has 2 bridgehead atoms. The third kappa shape index (κ3) is 4.40. The van der Waals surface area contributed by atoms with Crippen LogP contribution in [0.1, 0.15) is 133 Å². The zero-order chi connectivity index (χ0) is 25.4. The van der Waals surface area contributed by atoms with Crippen molar-refractivity contribution in [1.82, 2.24) is 0 Å². The predicted octanol–water partition coefficient (Wildman–Crippen LogP) is 7.75. The number of carbonyl (C=O) groups is 1. The van der Waals surface area contributed by atoms with Gasteiger partial charge in [-0.1, -0.05) is 64.4 Å². The van der Waals surface area contributed by atoms with Gasteiger partial charge in [0.2, 0.25) is 0 Å². The van der Waals surface area contributed by atoms with Gasteiger partial charge >= 0.3 is 5.97 Å². The molecule has 0 saturated heterocycles. The van der Waals surface area contributed by atoms with Gasteiger partial charge in [0.1, 0.15) is 5.75 Å². The summed E-state index contributed by atoms with van der Waals surface area (Å²) in [7, 11) is 0. The molecule has 4 atom stereocenters. The van der Waals surface area contributed by atoms with Gasteiger partial charge < -0.3 is 15.3 Å². The number of rotatable bonds is 12. The van der Waals surface area contributed by atoms with Crippen LogP contribution in [0.3, 0.4) is 0 Å². The number of fused-ring (bicyclic) bond motifs is 3. The lowest BCUT2D eigenvalue weighted by molar-refractivity contribution is -0.137. The number of hydrogen-bond donors (Lipinski definition) is 3. The summed E-state index contributed by atoms with van der Waals surface area (Å²) in [5.74, 6) is 1.63. The Morgan fingerprint density at radius 2 is 1.58 bits per heavy atom. The molecular formula is C32H48O4. The predicted molar refractivity (Wildman–Crippen MR) is 143 cm³/mol. The molecule has 0 aliphatic heterocycles. The molecule has 3 N–H and O–H groups in total. The van der Waals surface area contributed by atoms with Gasteiger partial charge in [-0.15, -0.1) is 0 Å². The molecule has 5 rings (SSSR count). The number of carboxylic acid groups (broad SMARTS) is 1. The molecule has 0 aromatic heterocycles. The molecule has 0 heterocycles. The minimum absolute atomic E-state index is 0.0703. The van der Waals surface area contributed by atoms with Crippen molar-refractivity contribution in [3.63, 3.8) is 0 Å². The molecule has 4 heteroatoms. The number of hydrogen-bond acceptors (Lipinski definition) is 3. The minimum atomic E-state index is -0.673. The number of aryl methyl sites for hydroxylation is 1. The Balaban J connectivity index is 1.18. The fourth-order valence-electron chi connectivity index (χ4n) is 9.75. The first-order valence-electron chi connectivity index (χ1n) is 15.1. The van der Waals surface area contributed by atoms with Crippen LogP contribution in [0.5, 0.6) is 5.75 Å². The molecule has 36 heavy (non-hydrogen) atoms. The third-order valence-corrected chi connectivity index (χ3v) is 11.6. The largest absolute Gasteiger partial charge is 0.508 e. The summed E-state index contributed by atoms with van der Waals surface area (Å²) in [6.45, 7) is 2.46. The standard InChI is InChI=1S/C32H48O4/c1-30-22-24(11-9-7-5-3-2-4-6-8-10-12-28(34)35)29-26-15-14-25(33)21-23(26)13-16-27(29)31(30)17-19-32(30,36)20-18-31/h14-15,21,24,27,29,33,36H,2-13,16-20,22H2,1H3,(H,34,35)/t24-,27+,29+,30-,31?,32?/m0/s1. The molecule has 1 aromatic carbocycles. The molecular weight excluding hydrogens is 448 g/mol. The van der Waals surface area contributed by atoms with E-state index in [9.17, 15) is 15.0 Å². The van der Waals surface area contributed by atoms with Crippen molar-refractivity contribution in [3.05, 3.63) is 29.3 Å². The smallest absolute Gasteiger partial charge is 0.303 e. The lowest BCUT2D eigenvalue weighted by atomic mass is 9.45. The van der Waals surface area contributed by atoms with Crippen LogP contribution in [0, 0.1) is 22.7 Å². The summed E-state index contributed by atoms with van der Waals surface area (Å²) in [6, 6.07) is 6.17. The highest BCUT2D eigenvalue weighted by Crippen LogP contribution is 2.78. The van der Waals surface area contributed by atoms with Crippen molar-refractivity contribution in [2.24, 2.45) is 22.7 Å². The van der Waals surface area contributed by atoms with E-state index in [-0.39, 0.29) is 5.41 Å². The molecule has 4 aliphatic carbocycles. The second kappa shape index (κ2) is 10.3. The van der Waals surface area contributed by atoms with E-state index in [0.717, 1.165) is 38.5 Å². The maximum absolute atomic E-state index is 11.7. The number of unbranched alkanes of at least 4 members (excludes halogenated alkanes) is 8. The molecule has 3 fully saturated rings. The van der Waals surface area contributed by atoms with Crippen LogP contribution in [0.15, 0.2) is 18.2 Å². The van der Waals surface area contributed by atoms with Gasteiger partial charge in [0.05, 0.1) is 5.60 Å². The van der Waals surface area contributed by atoms with E-state index in [1.165, 1.54) is 81.8 Å². The van der Waals surface area contributed by atoms with Crippen LogP contribution in [-0.2, 0) is 11.2 Å². The Morgan fingerprint density at radius 3 is 2.25 bits per heavy atom. The second-order valence-corrected chi connectivity index (χ2v) is 13.2. The molecule has 0 spiro atoms. The van der Waals surface area contributed by atoms with Gasteiger partial charge in [-0.25, -0.2) is 0 Å². The lowest BCUT2D eigenvalue weighted by Crippen LogP contribution is -2.54. The summed E-state index contributed by atoms with van der Waals surface area (Å²) in [6.07, 6.45) is 20.1. The Hall–Kier alpha value is -1.55. The van der Waals surface area contributed by atoms with E-state index in [1.807, 2.05) is 12.1 Å². The zero-order valence-electron chi connectivity index (χ0n) is 22.4. The number of phenols is 1. The molecule has 0 amide bonds. The van der Waals surface area contributed by atoms with Crippen molar-refractivity contribution < 1.29 is 20.1 Å². The molecule has 0 unspecified atom stereocenters. The highest BCUT2D eigenvalue weighted by Gasteiger charge is 2.74. The highest BCUT2D eigenvalue weighted by molar-refractivity contribution is 5.66. The fraction of sp³-hybridized carbons (Fsp3) is 0.781. The maximum atomic E-state index is 11.7. The second-order valence-electron chi connectivity index (χ2n) is 13.2. The van der Waals surface area contributed by atoms with E-state index in [0.29, 0.717) is 35.3 Å². The van der Waals surface area contributed by atoms with Crippen LogP contribution >= 0.6 is 0 Å². The average molecular weight is 497 g/mol. The van der Waals surface area contributed by atoms with Crippen LogP contribution in [0.2, 0.25) is 0 Å². The number of carboxylic acids is 1. The van der Waals surface area contributed by atoms with Crippen molar-refractivity contribution in [2.45, 2.75) is 134 Å². The topological polar surface area (TPSA) is 77.8 Å². The summed E-state index contributed by atoms with van der Waals surface area (Å²) >= 11 is 0. The zero-order valence-corrected chi connectivity index (χ0v) is 22.4. The first kappa shape index (κ1) is 26.1. The van der Waals surface area contributed by atoms with Crippen molar-refractivity contribution in [2.75, 3.05) is 0 Å². The summed E-state index contributed by atoms with van der Waals surface area (Å²) in [5, 5.41) is 30.6. The first-order chi connectivity index (χ1) is 17.3. The Bertz CT molecular complexity index is 930. The Morgan fingerprint density at radius 1 is 0.944 bits per heavy atom. The average Bonchev–Trinajstić information content (AvgIpc) is 3.21. The van der Waals surface area contributed by atoms with Gasteiger partial charge in [0, 0.05) is 11.8 Å². The molecule has 1 aromatic rings. The number of phenolic OH excluding ortho intramolecular Hbond substituents is 1. The first-order valence-corrected chi connectivity index (χ1v) is 15.1. The number of aliphatic hydroxyl groups is 1. The molecule has 200 valence electrons. The number of aliphatic carboxylic acids is 1. The highest BCUT2D eigenvalue weighted by atomic mass is 16.4. The monoisotopic (exact) mass is 496 g/mol. The van der Waals surface area contributed by atoms with Crippen LogP contribution in [0.4, 0.5) is 0 Å². The molecule has 4 nitrogen and oxygen atoms in total. The fourth-order valence-corrected chi connectivity index (χ4v) is 9.75. The van der Waals surface area contributed by atoms with Crippen LogP contribution < -0.4 is 0 Å². The maximum Gasteiger partial charge on any atom is 0.303 e. The third-order valence-electron chi connectivity index (χ3n) is 11.6. The van der Waals surface area contributed by atoms with Crippen molar-refractivity contribution in [3.8, 4) is 5.75 Å². The van der Waals surface area contributed by atoms with Crippen LogP contribution in [0.25, 0.3) is 0 Å². The van der Waals surface area contributed by atoms with E-state index in [2.05, 4.69) is 13.0 Å². The summed E-state index contributed by atoms with van der Waals surface area (Å²) in [4.78, 5) is 10.6. The number of benzene rings is 1. The van der Waals surface area contributed by atoms with Gasteiger partial charge in [-0.05, 0) is 104 Å². The van der Waals surface area contributed by atoms with Crippen molar-refractivity contribution in [1.29, 1.82) is 0 Å². The minimum Gasteiger partial charge on any atom is -0.508 e. The van der Waals surface area contributed by atoms with E-state index >= 15 is 0 Å². The van der Waals surface area contributed by atoms with Crippen molar-refractivity contribution >= 4 is 5.97 Å². The van der Waals surface area contributed by atoms with Gasteiger partial charge in [0.25, 0.3) is 0 Å². The van der Waals surface area contributed by atoms with Crippen LogP contribution in [-0.4, -0.2) is 26.9 Å². The van der Waals surface area contributed by atoms with Gasteiger partial charge in [-0.2, -0.15) is 0 Å². The normalized spacial score (nSPS) is 36.3. The SMILES string of the molecule is C[C@]12C[C@H](CCCCCCCCCCCC(=O)O)[C@@H]3c4ccc(O)cc4CC[C@H]3C13CCC2(O)CC3. The molecule has 4 aliphatic rings. The van der Waals surface area contributed by atoms with Gasteiger partial charge in [-0.3, -0.25) is 4.79 Å². The molecule has 0 radical (unpaired) electrons. The summed E-state index contributed by atoms with van der Waals surface area (Å²) in [5.41, 5.74) is 2.81.